The molecule has 2 aromatic heterocycles. The lowest BCUT2D eigenvalue weighted by Crippen LogP contribution is -2.14. The molecule has 2 heterocycles. The maximum absolute atomic E-state index is 2.49. The normalized spacial score (nSPS) is 13.4. The molecule has 1 aliphatic carbocycles. The third-order valence-electron chi connectivity index (χ3n) is 13.4. The van der Waals surface area contributed by atoms with Gasteiger partial charge in [0.2, 0.25) is 0 Å². The number of rotatable bonds is 3. The fraction of sp³-hybridized carbons (Fsp3) is 0.0909. The predicted octanol–water partition coefficient (Wildman–Crippen LogP) is 14.6. The van der Waals surface area contributed by atoms with Gasteiger partial charge in [-0.05, 0) is 120 Å². The number of fused-ring (bicyclic) bond motifs is 11. The van der Waals surface area contributed by atoms with Crippen LogP contribution in [-0.4, -0.2) is 9.13 Å². The molecule has 1 aliphatic rings. The van der Waals surface area contributed by atoms with Crippen molar-refractivity contribution < 1.29 is 0 Å². The van der Waals surface area contributed by atoms with Gasteiger partial charge in [0, 0.05) is 63.1 Å². The Morgan fingerprint density at radius 1 is 0.316 bits per heavy atom. The molecule has 9 aromatic carbocycles. The molecule has 0 aliphatic heterocycles. The molecular formula is C55H40N2. The fourth-order valence-electron chi connectivity index (χ4n) is 10.6. The van der Waals surface area contributed by atoms with E-state index in [0.29, 0.717) is 0 Å². The molecule has 11 aromatic rings. The van der Waals surface area contributed by atoms with E-state index in [-0.39, 0.29) is 5.41 Å². The second-order valence-corrected chi connectivity index (χ2v) is 16.6. The van der Waals surface area contributed by atoms with Crippen molar-refractivity contribution in [3.8, 4) is 44.5 Å². The van der Waals surface area contributed by atoms with Gasteiger partial charge in [-0.3, -0.25) is 0 Å². The molecule has 0 bridgehead atoms. The molecule has 12 rings (SSSR count). The van der Waals surface area contributed by atoms with Crippen LogP contribution in [0, 0.1) is 0 Å². The van der Waals surface area contributed by atoms with Crippen molar-refractivity contribution in [2.45, 2.75) is 19.3 Å². The van der Waals surface area contributed by atoms with E-state index in [2.05, 4.69) is 207 Å². The number of aryl methyl sites for hydroxylation is 2. The van der Waals surface area contributed by atoms with Crippen LogP contribution in [0.2, 0.25) is 0 Å². The van der Waals surface area contributed by atoms with Crippen LogP contribution in [0.5, 0.6) is 0 Å². The summed E-state index contributed by atoms with van der Waals surface area (Å²) in [6, 6.07) is 64.0. The topological polar surface area (TPSA) is 9.86 Å². The maximum Gasteiger partial charge on any atom is 0.0489 e. The third kappa shape index (κ3) is 4.36. The van der Waals surface area contributed by atoms with Gasteiger partial charge in [-0.25, -0.2) is 0 Å². The molecular weight excluding hydrogens is 689 g/mol. The number of hydrogen-bond donors (Lipinski definition) is 0. The molecule has 2 nitrogen and oxygen atoms in total. The molecule has 2 heteroatoms. The number of nitrogens with zero attached hydrogens (tertiary/aromatic N) is 2. The highest BCUT2D eigenvalue weighted by Gasteiger charge is 2.37. The monoisotopic (exact) mass is 728 g/mol. The number of benzene rings is 9. The summed E-state index contributed by atoms with van der Waals surface area (Å²) in [6.07, 6.45) is 0. The lowest BCUT2D eigenvalue weighted by atomic mass is 9.81. The van der Waals surface area contributed by atoms with Crippen LogP contribution in [0.4, 0.5) is 0 Å². The van der Waals surface area contributed by atoms with Crippen LogP contribution >= 0.6 is 0 Å². The Morgan fingerprint density at radius 3 is 1.35 bits per heavy atom. The molecule has 0 unspecified atom stereocenters. The molecule has 0 fully saturated rings. The Hall–Kier alpha value is -6.90. The highest BCUT2D eigenvalue weighted by Crippen LogP contribution is 2.54. The first kappa shape index (κ1) is 32.4. The second-order valence-electron chi connectivity index (χ2n) is 16.6. The van der Waals surface area contributed by atoms with Gasteiger partial charge in [0.05, 0.1) is 0 Å². The lowest BCUT2D eigenvalue weighted by Gasteiger charge is -2.22. The highest BCUT2D eigenvalue weighted by atomic mass is 14.9. The first-order valence-electron chi connectivity index (χ1n) is 20.1. The highest BCUT2D eigenvalue weighted by molar-refractivity contribution is 6.21. The molecule has 270 valence electrons. The van der Waals surface area contributed by atoms with E-state index in [0.717, 1.165) is 0 Å². The van der Waals surface area contributed by atoms with E-state index in [1.807, 2.05) is 0 Å². The smallest absolute Gasteiger partial charge is 0.0489 e. The lowest BCUT2D eigenvalue weighted by molar-refractivity contribution is 0.660. The quantitative estimate of drug-likeness (QED) is 0.160. The molecule has 0 radical (unpaired) electrons. The zero-order valence-electron chi connectivity index (χ0n) is 32.6. The van der Waals surface area contributed by atoms with Crippen molar-refractivity contribution in [3.05, 3.63) is 181 Å². The van der Waals surface area contributed by atoms with E-state index in [1.54, 1.807) is 0 Å². The second kappa shape index (κ2) is 11.6. The van der Waals surface area contributed by atoms with E-state index in [4.69, 9.17) is 0 Å². The molecule has 0 N–H and O–H groups in total. The molecule has 0 saturated carbocycles. The van der Waals surface area contributed by atoms with E-state index in [9.17, 15) is 0 Å². The van der Waals surface area contributed by atoms with Crippen molar-refractivity contribution in [1.29, 1.82) is 0 Å². The summed E-state index contributed by atoms with van der Waals surface area (Å²) >= 11 is 0. The Balaban J connectivity index is 1.20. The van der Waals surface area contributed by atoms with Crippen LogP contribution in [0.3, 0.4) is 0 Å². The zero-order valence-corrected chi connectivity index (χ0v) is 32.6. The summed E-state index contributed by atoms with van der Waals surface area (Å²) in [5, 5.41) is 10.2. The Labute approximate surface area is 331 Å². The van der Waals surface area contributed by atoms with E-state index >= 15 is 0 Å². The molecule has 57 heavy (non-hydrogen) atoms. The van der Waals surface area contributed by atoms with Crippen LogP contribution in [0.25, 0.3) is 110 Å². The minimum absolute atomic E-state index is 0.0968. The first-order valence-corrected chi connectivity index (χ1v) is 20.1. The van der Waals surface area contributed by atoms with E-state index < -0.39 is 0 Å². The van der Waals surface area contributed by atoms with Crippen molar-refractivity contribution in [3.63, 3.8) is 0 Å². The van der Waals surface area contributed by atoms with E-state index in [1.165, 1.54) is 121 Å². The van der Waals surface area contributed by atoms with Gasteiger partial charge < -0.3 is 9.13 Å². The van der Waals surface area contributed by atoms with Gasteiger partial charge in [0.1, 0.15) is 0 Å². The maximum atomic E-state index is 2.49. The standard InChI is InChI=1S/C55H40N2/c1-55(2)47-22-8-5-16-41(47)54-42(21-13-23-48(54)55)53-39-19-11-17-35(33-26-28-51-45(30-33)37-14-6-9-24-49(37)56(51)3)43(39)32-44-36(18-12-20-40(44)53)34-27-29-52-46(31-34)38-15-7-10-25-50(38)57(52)4/h5-32H,1-4H3. The van der Waals surface area contributed by atoms with Crippen LogP contribution in [0.1, 0.15) is 25.0 Å². The minimum atomic E-state index is -0.0968. The van der Waals surface area contributed by atoms with Crippen molar-refractivity contribution >= 4 is 65.2 Å². The number of para-hydroxylation sites is 2. The van der Waals surface area contributed by atoms with Crippen LogP contribution in [-0.2, 0) is 19.5 Å². The zero-order chi connectivity index (χ0) is 38.2. The summed E-state index contributed by atoms with van der Waals surface area (Å²) in [7, 11) is 4.35. The fourth-order valence-corrected chi connectivity index (χ4v) is 10.6. The minimum Gasteiger partial charge on any atom is -0.344 e. The summed E-state index contributed by atoms with van der Waals surface area (Å²) in [4.78, 5) is 0. The number of hydrogen-bond acceptors (Lipinski definition) is 0. The third-order valence-corrected chi connectivity index (χ3v) is 13.4. The summed E-state index contributed by atoms with van der Waals surface area (Å²) in [5.41, 5.74) is 17.9. The van der Waals surface area contributed by atoms with Gasteiger partial charge in [-0.1, -0.05) is 141 Å². The van der Waals surface area contributed by atoms with Gasteiger partial charge in [-0.15, -0.1) is 0 Å². The molecule has 0 atom stereocenters. The van der Waals surface area contributed by atoms with Gasteiger partial charge in [0.15, 0.2) is 0 Å². The molecule has 0 spiro atoms. The van der Waals surface area contributed by atoms with Crippen molar-refractivity contribution in [2.24, 2.45) is 14.1 Å². The van der Waals surface area contributed by atoms with Gasteiger partial charge in [0.25, 0.3) is 0 Å². The Morgan fingerprint density at radius 2 is 0.754 bits per heavy atom. The largest absolute Gasteiger partial charge is 0.344 e. The van der Waals surface area contributed by atoms with Crippen LogP contribution < -0.4 is 0 Å². The summed E-state index contributed by atoms with van der Waals surface area (Å²) in [5.74, 6) is 0. The Kier molecular flexibility index (Phi) is 6.57. The SMILES string of the molecule is Cn1c2ccccc2c2cc(-c3cccc4c(-c5cccc6c5-c5ccccc5C6(C)C)c5cccc(-c6ccc7c(c6)c6ccccc6n7C)c5cc34)ccc21. The first-order chi connectivity index (χ1) is 27.9. The molecule has 0 amide bonds. The summed E-state index contributed by atoms with van der Waals surface area (Å²) < 4.78 is 4.63. The number of aromatic nitrogens is 2. The summed E-state index contributed by atoms with van der Waals surface area (Å²) in [6.45, 7) is 4.76. The van der Waals surface area contributed by atoms with Gasteiger partial charge in [-0.2, -0.15) is 0 Å². The molecule has 0 saturated heterocycles. The van der Waals surface area contributed by atoms with Crippen LogP contribution in [0.15, 0.2) is 170 Å². The van der Waals surface area contributed by atoms with Crippen molar-refractivity contribution in [1.82, 2.24) is 9.13 Å². The average molecular weight is 729 g/mol. The Bertz CT molecular complexity index is 3340. The predicted molar refractivity (Wildman–Crippen MR) is 243 cm³/mol. The van der Waals surface area contributed by atoms with Gasteiger partial charge >= 0.3 is 0 Å². The van der Waals surface area contributed by atoms with Crippen molar-refractivity contribution in [2.75, 3.05) is 0 Å². The average Bonchev–Trinajstić information content (AvgIpc) is 3.80.